The van der Waals surface area contributed by atoms with Crippen LogP contribution in [0.3, 0.4) is 0 Å². The molecule has 1 heterocycles. The number of para-hydroxylation sites is 1. The third kappa shape index (κ3) is 3.86. The van der Waals surface area contributed by atoms with Gasteiger partial charge in [0.1, 0.15) is 6.04 Å². The molecule has 25 heavy (non-hydrogen) atoms. The minimum absolute atomic E-state index is 0.122. The quantitative estimate of drug-likeness (QED) is 0.716. The largest absolute Gasteiger partial charge is 0.306 e. The number of pyridine rings is 1. The highest BCUT2D eigenvalue weighted by Crippen LogP contribution is 2.21. The summed E-state index contributed by atoms with van der Waals surface area (Å²) in [6, 6.07) is 23.7. The van der Waals surface area contributed by atoms with Gasteiger partial charge in [-0.05, 0) is 30.7 Å². The van der Waals surface area contributed by atoms with Crippen LogP contribution in [0.4, 0.5) is 5.69 Å². The Morgan fingerprint density at radius 3 is 2.16 bits per heavy atom. The second-order valence-corrected chi connectivity index (χ2v) is 5.87. The Labute approximate surface area is 147 Å². The number of hydrogen-bond acceptors (Lipinski definition) is 2. The van der Waals surface area contributed by atoms with Crippen LogP contribution in [0.5, 0.6) is 0 Å². The molecule has 0 fully saturated rings. The van der Waals surface area contributed by atoms with E-state index in [0.29, 0.717) is 6.54 Å². The molecule has 1 amide bonds. The van der Waals surface area contributed by atoms with E-state index in [1.54, 1.807) is 30.2 Å². The maximum atomic E-state index is 13.2. The van der Waals surface area contributed by atoms with Crippen LogP contribution in [0.25, 0.3) is 0 Å². The SMILES string of the molecule is CC(C(=O)N(Cc1ccccc1)c1ccccc1)n1ccccc1=O. The standard InChI is InChI=1S/C21H20N2O2/c1-17(22-15-9-8-14-20(22)24)21(25)23(19-12-6-3-7-13-19)16-18-10-4-2-5-11-18/h2-15,17H,16H2,1H3. The number of hydrogen-bond donors (Lipinski definition) is 0. The molecule has 3 aromatic rings. The van der Waals surface area contributed by atoms with E-state index >= 15 is 0 Å². The molecule has 0 aliphatic rings. The maximum Gasteiger partial charge on any atom is 0.251 e. The minimum Gasteiger partial charge on any atom is -0.306 e. The van der Waals surface area contributed by atoms with Gasteiger partial charge in [0.2, 0.25) is 5.91 Å². The molecule has 0 spiro atoms. The van der Waals surface area contributed by atoms with Gasteiger partial charge in [-0.25, -0.2) is 0 Å². The number of carbonyl (C=O) groups excluding carboxylic acids is 1. The number of rotatable bonds is 5. The monoisotopic (exact) mass is 332 g/mol. The minimum atomic E-state index is -0.586. The Morgan fingerprint density at radius 2 is 1.52 bits per heavy atom. The van der Waals surface area contributed by atoms with Crippen molar-refractivity contribution in [1.82, 2.24) is 4.57 Å². The lowest BCUT2D eigenvalue weighted by atomic mass is 10.1. The number of amides is 1. The van der Waals surface area contributed by atoms with Gasteiger partial charge in [-0.1, -0.05) is 54.6 Å². The lowest BCUT2D eigenvalue weighted by molar-refractivity contribution is -0.121. The summed E-state index contributed by atoms with van der Waals surface area (Å²) in [6.45, 7) is 2.21. The zero-order valence-corrected chi connectivity index (χ0v) is 14.1. The summed E-state index contributed by atoms with van der Waals surface area (Å²) < 4.78 is 1.46. The van der Waals surface area contributed by atoms with Gasteiger partial charge in [-0.2, -0.15) is 0 Å². The van der Waals surface area contributed by atoms with E-state index in [1.807, 2.05) is 60.7 Å². The van der Waals surface area contributed by atoms with Gasteiger partial charge >= 0.3 is 0 Å². The highest BCUT2D eigenvalue weighted by molar-refractivity contribution is 5.95. The number of benzene rings is 2. The van der Waals surface area contributed by atoms with Crippen molar-refractivity contribution in [1.29, 1.82) is 0 Å². The lowest BCUT2D eigenvalue weighted by Crippen LogP contribution is -2.38. The zero-order valence-electron chi connectivity index (χ0n) is 14.1. The topological polar surface area (TPSA) is 42.3 Å². The number of aromatic nitrogens is 1. The van der Waals surface area contributed by atoms with Crippen LogP contribution in [0.15, 0.2) is 89.9 Å². The van der Waals surface area contributed by atoms with Crippen molar-refractivity contribution in [2.75, 3.05) is 4.90 Å². The normalized spacial score (nSPS) is 11.7. The van der Waals surface area contributed by atoms with E-state index in [4.69, 9.17) is 0 Å². The van der Waals surface area contributed by atoms with Gasteiger partial charge < -0.3 is 9.47 Å². The van der Waals surface area contributed by atoms with Crippen LogP contribution in [0, 0.1) is 0 Å². The van der Waals surface area contributed by atoms with Crippen LogP contribution in [0.2, 0.25) is 0 Å². The zero-order chi connectivity index (χ0) is 17.6. The van der Waals surface area contributed by atoms with Gasteiger partial charge in [-0.15, -0.1) is 0 Å². The lowest BCUT2D eigenvalue weighted by Gasteiger charge is -2.27. The molecular formula is C21H20N2O2. The molecule has 126 valence electrons. The molecule has 1 atom stereocenters. The first kappa shape index (κ1) is 16.7. The number of anilines is 1. The van der Waals surface area contributed by atoms with Gasteiger partial charge in [0.15, 0.2) is 0 Å². The van der Waals surface area contributed by atoms with E-state index in [-0.39, 0.29) is 11.5 Å². The molecule has 4 heteroatoms. The third-order valence-electron chi connectivity index (χ3n) is 4.14. The second-order valence-electron chi connectivity index (χ2n) is 5.87. The van der Waals surface area contributed by atoms with Crippen molar-refractivity contribution in [3.63, 3.8) is 0 Å². The van der Waals surface area contributed by atoms with Crippen LogP contribution < -0.4 is 10.5 Å². The van der Waals surface area contributed by atoms with Crippen molar-refractivity contribution in [3.8, 4) is 0 Å². The predicted molar refractivity (Wildman–Crippen MR) is 99.5 cm³/mol. The average Bonchev–Trinajstić information content (AvgIpc) is 2.67. The van der Waals surface area contributed by atoms with Crippen LogP contribution in [0.1, 0.15) is 18.5 Å². The second kappa shape index (κ2) is 7.62. The maximum absolute atomic E-state index is 13.2. The van der Waals surface area contributed by atoms with Crippen molar-refractivity contribution < 1.29 is 4.79 Å². The first-order chi connectivity index (χ1) is 12.2. The number of carbonyl (C=O) groups is 1. The van der Waals surface area contributed by atoms with Crippen LogP contribution >= 0.6 is 0 Å². The molecule has 2 aromatic carbocycles. The summed E-state index contributed by atoms with van der Waals surface area (Å²) in [5, 5.41) is 0. The summed E-state index contributed by atoms with van der Waals surface area (Å²) >= 11 is 0. The highest BCUT2D eigenvalue weighted by atomic mass is 16.2. The Bertz CT molecular complexity index is 888. The number of nitrogens with zero attached hydrogens (tertiary/aromatic N) is 2. The molecule has 1 unspecified atom stereocenters. The van der Waals surface area contributed by atoms with Crippen molar-refractivity contribution in [2.24, 2.45) is 0 Å². The van der Waals surface area contributed by atoms with Crippen LogP contribution in [-0.4, -0.2) is 10.5 Å². The van der Waals surface area contributed by atoms with Crippen molar-refractivity contribution in [3.05, 3.63) is 101 Å². The summed E-state index contributed by atoms with van der Waals surface area (Å²) in [5.74, 6) is -0.122. The first-order valence-corrected chi connectivity index (χ1v) is 8.24. The molecule has 0 bridgehead atoms. The Balaban J connectivity index is 1.95. The Hall–Kier alpha value is -3.14. The Kier molecular flexibility index (Phi) is 5.09. The van der Waals surface area contributed by atoms with Gasteiger partial charge in [0.25, 0.3) is 5.56 Å². The van der Waals surface area contributed by atoms with E-state index in [1.165, 1.54) is 10.6 Å². The summed E-state index contributed by atoms with van der Waals surface area (Å²) in [6.07, 6.45) is 1.65. The molecular weight excluding hydrogens is 312 g/mol. The van der Waals surface area contributed by atoms with E-state index < -0.39 is 6.04 Å². The predicted octanol–water partition coefficient (Wildman–Crippen LogP) is 3.64. The third-order valence-corrected chi connectivity index (χ3v) is 4.14. The fraction of sp³-hybridized carbons (Fsp3) is 0.143. The summed E-state index contributed by atoms with van der Waals surface area (Å²) in [7, 11) is 0. The highest BCUT2D eigenvalue weighted by Gasteiger charge is 2.23. The summed E-state index contributed by atoms with van der Waals surface area (Å²) in [4.78, 5) is 27.0. The van der Waals surface area contributed by atoms with E-state index in [2.05, 4.69) is 0 Å². The van der Waals surface area contributed by atoms with Crippen molar-refractivity contribution >= 4 is 11.6 Å². The van der Waals surface area contributed by atoms with Crippen molar-refractivity contribution in [2.45, 2.75) is 19.5 Å². The molecule has 3 rings (SSSR count). The van der Waals surface area contributed by atoms with E-state index in [0.717, 1.165) is 11.3 Å². The molecule has 0 radical (unpaired) electrons. The first-order valence-electron chi connectivity index (χ1n) is 8.24. The summed E-state index contributed by atoms with van der Waals surface area (Å²) in [5.41, 5.74) is 1.66. The van der Waals surface area contributed by atoms with Gasteiger partial charge in [-0.3, -0.25) is 9.59 Å². The fourth-order valence-electron chi connectivity index (χ4n) is 2.77. The molecule has 0 N–H and O–H groups in total. The smallest absolute Gasteiger partial charge is 0.251 e. The molecule has 0 aliphatic heterocycles. The molecule has 0 saturated carbocycles. The van der Waals surface area contributed by atoms with E-state index in [9.17, 15) is 9.59 Å². The molecule has 0 aliphatic carbocycles. The molecule has 4 nitrogen and oxygen atoms in total. The molecule has 0 saturated heterocycles. The Morgan fingerprint density at radius 1 is 0.920 bits per heavy atom. The van der Waals surface area contributed by atoms with Crippen LogP contribution in [-0.2, 0) is 11.3 Å². The van der Waals surface area contributed by atoms with Gasteiger partial charge in [0.05, 0.1) is 6.54 Å². The van der Waals surface area contributed by atoms with Gasteiger partial charge in [0, 0.05) is 18.0 Å². The molecule has 1 aromatic heterocycles. The average molecular weight is 332 g/mol. The fourth-order valence-corrected chi connectivity index (χ4v) is 2.77.